The Morgan fingerprint density at radius 3 is 2.94 bits per heavy atom. The average molecular weight is 459 g/mol. The zero-order chi connectivity index (χ0) is 22.5. The van der Waals surface area contributed by atoms with Gasteiger partial charge in [-0.2, -0.15) is 10.2 Å². The van der Waals surface area contributed by atoms with Crippen LogP contribution in [-0.2, 0) is 29.8 Å². The molecule has 0 aromatic carbocycles. The lowest BCUT2D eigenvalue weighted by Crippen LogP contribution is -2.33. The Labute approximate surface area is 189 Å². The van der Waals surface area contributed by atoms with Crippen molar-refractivity contribution in [1.29, 1.82) is 0 Å². The predicted octanol–water partition coefficient (Wildman–Crippen LogP) is 2.74. The van der Waals surface area contributed by atoms with Gasteiger partial charge in [0.25, 0.3) is 0 Å². The van der Waals surface area contributed by atoms with E-state index >= 15 is 0 Å². The van der Waals surface area contributed by atoms with Crippen LogP contribution in [0.2, 0.25) is 5.02 Å². The minimum Gasteiger partial charge on any atom is -0.488 e. The van der Waals surface area contributed by atoms with Crippen molar-refractivity contribution in [2.24, 2.45) is 0 Å². The number of aliphatic hydroxyl groups excluding tert-OH is 1. The highest BCUT2D eigenvalue weighted by atomic mass is 35.5. The molecule has 8 nitrogen and oxygen atoms in total. The number of hydrogen-bond acceptors (Lipinski definition) is 6. The van der Waals surface area contributed by atoms with Crippen molar-refractivity contribution in [1.82, 2.24) is 29.9 Å². The summed E-state index contributed by atoms with van der Waals surface area (Å²) in [5, 5.41) is 23.7. The Morgan fingerprint density at radius 1 is 1.34 bits per heavy atom. The molecule has 0 fully saturated rings. The van der Waals surface area contributed by atoms with E-state index in [2.05, 4.69) is 33.9 Å². The molecule has 32 heavy (non-hydrogen) atoms. The van der Waals surface area contributed by atoms with E-state index < -0.39 is 17.3 Å². The first-order valence-electron chi connectivity index (χ1n) is 10.5. The number of allylic oxidation sites excluding steroid dienone is 1. The van der Waals surface area contributed by atoms with E-state index in [1.54, 1.807) is 6.20 Å². The zero-order valence-electron chi connectivity index (χ0n) is 17.8. The maximum atomic E-state index is 13.1. The molecule has 2 N–H and O–H groups in total. The first-order chi connectivity index (χ1) is 15.4. The Balaban J connectivity index is 1.47. The summed E-state index contributed by atoms with van der Waals surface area (Å²) in [7, 11) is 0. The second-order valence-electron chi connectivity index (χ2n) is 8.47. The van der Waals surface area contributed by atoms with E-state index in [-0.39, 0.29) is 6.61 Å². The van der Waals surface area contributed by atoms with Crippen LogP contribution >= 0.6 is 11.6 Å². The minimum absolute atomic E-state index is 0.0648. The van der Waals surface area contributed by atoms with E-state index in [9.17, 15) is 9.50 Å². The number of ether oxygens (including phenoxy) is 1. The molecule has 3 aromatic rings. The molecular weight excluding hydrogens is 435 g/mol. The lowest BCUT2D eigenvalue weighted by atomic mass is 9.81. The molecule has 2 aliphatic rings. The Hall–Kier alpha value is -2.75. The van der Waals surface area contributed by atoms with Crippen molar-refractivity contribution in [3.8, 4) is 0 Å². The molecule has 0 amide bonds. The van der Waals surface area contributed by atoms with Crippen molar-refractivity contribution < 1.29 is 14.2 Å². The van der Waals surface area contributed by atoms with Crippen molar-refractivity contribution in [2.75, 3.05) is 13.2 Å². The van der Waals surface area contributed by atoms with Crippen LogP contribution in [0.25, 0.3) is 5.76 Å². The topological polar surface area (TPSA) is 90.0 Å². The fourth-order valence-electron chi connectivity index (χ4n) is 4.46. The highest BCUT2D eigenvalue weighted by molar-refractivity contribution is 6.32. The number of aliphatic hydroxyl groups is 1. The second-order valence-corrected chi connectivity index (χ2v) is 8.88. The van der Waals surface area contributed by atoms with Crippen LogP contribution in [0.15, 0.2) is 30.6 Å². The third kappa shape index (κ3) is 3.60. The third-order valence-electron chi connectivity index (χ3n) is 6.10. The van der Waals surface area contributed by atoms with Crippen LogP contribution < -0.4 is 5.32 Å². The normalized spacial score (nSPS) is 21.0. The summed E-state index contributed by atoms with van der Waals surface area (Å²) in [6, 6.07) is 2.69. The van der Waals surface area contributed by atoms with Crippen molar-refractivity contribution in [3.05, 3.63) is 69.8 Å². The molecular formula is C22H24ClFN6O2. The Kier molecular flexibility index (Phi) is 5.27. The van der Waals surface area contributed by atoms with Crippen molar-refractivity contribution in [3.63, 3.8) is 0 Å². The summed E-state index contributed by atoms with van der Waals surface area (Å²) in [5.74, 6) is 0.0579. The lowest BCUT2D eigenvalue weighted by Gasteiger charge is -2.31. The van der Waals surface area contributed by atoms with Crippen molar-refractivity contribution in [2.45, 2.75) is 45.0 Å². The molecule has 0 saturated heterocycles. The molecule has 5 heterocycles. The van der Waals surface area contributed by atoms with E-state index in [4.69, 9.17) is 21.4 Å². The molecule has 10 heteroatoms. The van der Waals surface area contributed by atoms with Gasteiger partial charge < -0.3 is 15.2 Å². The number of hydrogen-bond donors (Lipinski definition) is 2. The highest BCUT2D eigenvalue weighted by Crippen LogP contribution is 2.40. The van der Waals surface area contributed by atoms with E-state index in [0.717, 1.165) is 37.1 Å². The molecule has 0 spiro atoms. The molecule has 3 aromatic heterocycles. The summed E-state index contributed by atoms with van der Waals surface area (Å²) in [6.07, 6.45) is 3.65. The van der Waals surface area contributed by atoms with Crippen LogP contribution in [0.4, 0.5) is 4.39 Å². The standard InChI is InChI=1S/C22H24ClFN6O2/c1-13-17-10-25-5-6-29(17)28-21(13)22(2)7-19(20-15(23)9-27-30(20)12-22)32-11-18(31)16-4-3-14(24)8-26-16/h3-4,7-9,18,25,31H,5-6,10-12H2,1-2H3. The first-order valence-corrected chi connectivity index (χ1v) is 10.9. The van der Waals surface area contributed by atoms with Crippen LogP contribution in [-0.4, -0.2) is 42.8 Å². The van der Waals surface area contributed by atoms with Gasteiger partial charge in [0.2, 0.25) is 0 Å². The van der Waals surface area contributed by atoms with Gasteiger partial charge in [-0.25, -0.2) is 4.39 Å². The molecule has 5 rings (SSSR count). The molecule has 0 saturated carbocycles. The number of nitrogens with zero attached hydrogens (tertiary/aromatic N) is 5. The van der Waals surface area contributed by atoms with Gasteiger partial charge in [-0.3, -0.25) is 14.3 Å². The number of halogens is 2. The maximum absolute atomic E-state index is 13.1. The van der Waals surface area contributed by atoms with Gasteiger partial charge in [0.1, 0.15) is 30.0 Å². The summed E-state index contributed by atoms with van der Waals surface area (Å²) in [6.45, 7) is 7.20. The third-order valence-corrected chi connectivity index (χ3v) is 6.38. The van der Waals surface area contributed by atoms with E-state index in [0.29, 0.717) is 28.7 Å². The molecule has 0 aliphatic carbocycles. The van der Waals surface area contributed by atoms with Crippen LogP contribution in [0.3, 0.4) is 0 Å². The summed E-state index contributed by atoms with van der Waals surface area (Å²) >= 11 is 6.41. The van der Waals surface area contributed by atoms with E-state index in [1.807, 2.05) is 10.8 Å². The molecule has 0 radical (unpaired) electrons. The fourth-order valence-corrected chi connectivity index (χ4v) is 4.70. The van der Waals surface area contributed by atoms with E-state index in [1.165, 1.54) is 17.8 Å². The Morgan fingerprint density at radius 2 is 2.19 bits per heavy atom. The van der Waals surface area contributed by atoms with Gasteiger partial charge in [-0.15, -0.1) is 0 Å². The summed E-state index contributed by atoms with van der Waals surface area (Å²) < 4.78 is 23.1. The average Bonchev–Trinajstić information content (AvgIpc) is 3.33. The van der Waals surface area contributed by atoms with Gasteiger partial charge in [0.05, 0.1) is 53.0 Å². The van der Waals surface area contributed by atoms with Gasteiger partial charge in [0, 0.05) is 13.1 Å². The largest absolute Gasteiger partial charge is 0.488 e. The lowest BCUT2D eigenvalue weighted by molar-refractivity contribution is 0.0884. The van der Waals surface area contributed by atoms with Crippen LogP contribution in [0.1, 0.15) is 41.4 Å². The maximum Gasteiger partial charge on any atom is 0.143 e. The second kappa shape index (κ2) is 7.99. The zero-order valence-corrected chi connectivity index (χ0v) is 18.6. The smallest absolute Gasteiger partial charge is 0.143 e. The van der Waals surface area contributed by atoms with Crippen LogP contribution in [0.5, 0.6) is 0 Å². The predicted molar refractivity (Wildman–Crippen MR) is 116 cm³/mol. The molecule has 2 atom stereocenters. The number of pyridine rings is 1. The van der Waals surface area contributed by atoms with Crippen LogP contribution in [0, 0.1) is 12.7 Å². The molecule has 168 valence electrons. The highest BCUT2D eigenvalue weighted by Gasteiger charge is 2.38. The summed E-state index contributed by atoms with van der Waals surface area (Å²) in [5.41, 5.74) is 3.81. The number of aromatic nitrogens is 5. The summed E-state index contributed by atoms with van der Waals surface area (Å²) in [4.78, 5) is 3.93. The van der Waals surface area contributed by atoms with Crippen molar-refractivity contribution >= 4 is 17.4 Å². The van der Waals surface area contributed by atoms with Gasteiger partial charge in [-0.1, -0.05) is 11.6 Å². The fraction of sp³-hybridized carbons (Fsp3) is 0.409. The minimum atomic E-state index is -1.02. The SMILES string of the molecule is Cc1c(C2(C)C=C(OCC(O)c3ccc(F)cn3)c3c(Cl)cnn3C2)nn2c1CNCC2. The van der Waals surface area contributed by atoms with Gasteiger partial charge in [-0.05, 0) is 37.6 Å². The Bertz CT molecular complexity index is 1190. The number of nitrogens with one attached hydrogen (secondary N) is 1. The first kappa shape index (κ1) is 21.1. The molecule has 0 bridgehead atoms. The quantitative estimate of drug-likeness (QED) is 0.611. The molecule has 2 unspecified atom stereocenters. The van der Waals surface area contributed by atoms with Gasteiger partial charge in [0.15, 0.2) is 0 Å². The molecule has 2 aliphatic heterocycles. The van der Waals surface area contributed by atoms with Gasteiger partial charge >= 0.3 is 0 Å². The number of fused-ring (bicyclic) bond motifs is 2. The monoisotopic (exact) mass is 458 g/mol. The number of rotatable bonds is 5.